The van der Waals surface area contributed by atoms with Gasteiger partial charge in [0.1, 0.15) is 5.82 Å². The number of nitrogens with zero attached hydrogens (tertiary/aromatic N) is 1. The minimum atomic E-state index is -0.252. The number of thiocarbonyl (C=S) groups is 1. The number of hydrogen-bond donors (Lipinski definition) is 2. The Balaban J connectivity index is 1.39. The molecule has 0 unspecified atom stereocenters. The summed E-state index contributed by atoms with van der Waals surface area (Å²) >= 11 is 5.28. The van der Waals surface area contributed by atoms with Gasteiger partial charge in [-0.2, -0.15) is 5.10 Å². The van der Waals surface area contributed by atoms with Crippen molar-refractivity contribution >= 4 is 28.7 Å². The van der Waals surface area contributed by atoms with Crippen molar-refractivity contribution in [1.82, 2.24) is 5.43 Å². The molecular weight excluding hydrogens is 297 g/mol. The van der Waals surface area contributed by atoms with E-state index in [1.807, 2.05) is 0 Å². The predicted molar refractivity (Wildman–Crippen MR) is 90.2 cm³/mol. The molecule has 2 N–H and O–H groups in total. The molecule has 4 saturated carbocycles. The highest BCUT2D eigenvalue weighted by molar-refractivity contribution is 7.80. The lowest BCUT2D eigenvalue weighted by Gasteiger charge is -2.50. The predicted octanol–water partition coefficient (Wildman–Crippen LogP) is 3.92. The van der Waals surface area contributed by atoms with Gasteiger partial charge in [-0.25, -0.2) is 4.39 Å². The SMILES string of the molecule is Fc1ccc(NC(=S)NN=C2C3CC4CC(C3)CC2C4)cc1. The summed E-state index contributed by atoms with van der Waals surface area (Å²) < 4.78 is 12.9. The first-order valence-corrected chi connectivity index (χ1v) is 8.48. The maximum atomic E-state index is 12.9. The second-order valence-corrected chi connectivity index (χ2v) is 7.32. The van der Waals surface area contributed by atoms with Crippen LogP contribution in [0.4, 0.5) is 10.1 Å². The number of halogens is 1. The van der Waals surface area contributed by atoms with Gasteiger partial charge in [0.2, 0.25) is 0 Å². The Labute approximate surface area is 135 Å². The maximum absolute atomic E-state index is 12.9. The van der Waals surface area contributed by atoms with Gasteiger partial charge in [0, 0.05) is 11.4 Å². The molecule has 1 aromatic rings. The second-order valence-electron chi connectivity index (χ2n) is 6.91. The largest absolute Gasteiger partial charge is 0.331 e. The first-order valence-electron chi connectivity index (χ1n) is 8.07. The van der Waals surface area contributed by atoms with Gasteiger partial charge >= 0.3 is 0 Å². The van der Waals surface area contributed by atoms with E-state index < -0.39 is 0 Å². The molecular formula is C17H20FN3S. The molecule has 0 atom stereocenters. The summed E-state index contributed by atoms with van der Waals surface area (Å²) in [6, 6.07) is 6.15. The topological polar surface area (TPSA) is 36.4 Å². The minimum Gasteiger partial charge on any atom is -0.331 e. The van der Waals surface area contributed by atoms with Crippen LogP contribution in [0.2, 0.25) is 0 Å². The van der Waals surface area contributed by atoms with Gasteiger partial charge in [0.05, 0.1) is 0 Å². The average Bonchev–Trinajstić information content (AvgIpc) is 2.48. The normalized spacial score (nSPS) is 32.0. The first kappa shape index (κ1) is 14.1. The zero-order valence-electron chi connectivity index (χ0n) is 12.4. The van der Waals surface area contributed by atoms with Crippen molar-refractivity contribution in [3.8, 4) is 0 Å². The Bertz CT molecular complexity index is 581. The molecule has 0 aromatic heterocycles. The fourth-order valence-electron chi connectivity index (χ4n) is 4.66. The number of hydrazone groups is 1. The highest BCUT2D eigenvalue weighted by Gasteiger charge is 2.46. The molecule has 0 radical (unpaired) electrons. The molecule has 4 aliphatic rings. The van der Waals surface area contributed by atoms with Crippen molar-refractivity contribution in [3.05, 3.63) is 30.1 Å². The van der Waals surface area contributed by atoms with E-state index in [-0.39, 0.29) is 5.82 Å². The molecule has 22 heavy (non-hydrogen) atoms. The third kappa shape index (κ3) is 2.74. The van der Waals surface area contributed by atoms with Crippen molar-refractivity contribution in [2.24, 2.45) is 28.8 Å². The maximum Gasteiger partial charge on any atom is 0.191 e. The Kier molecular flexibility index (Phi) is 3.60. The molecule has 0 saturated heterocycles. The number of nitrogens with one attached hydrogen (secondary N) is 2. The van der Waals surface area contributed by atoms with Crippen molar-refractivity contribution < 1.29 is 4.39 Å². The van der Waals surface area contributed by atoms with Crippen LogP contribution in [-0.4, -0.2) is 10.8 Å². The highest BCUT2D eigenvalue weighted by atomic mass is 32.1. The molecule has 0 aliphatic heterocycles. The smallest absolute Gasteiger partial charge is 0.191 e. The lowest BCUT2D eigenvalue weighted by molar-refractivity contribution is 0.108. The lowest BCUT2D eigenvalue weighted by Crippen LogP contribution is -2.46. The molecule has 0 spiro atoms. The van der Waals surface area contributed by atoms with Gasteiger partial charge in [-0.05, 0) is 92.3 Å². The zero-order valence-corrected chi connectivity index (χ0v) is 13.2. The summed E-state index contributed by atoms with van der Waals surface area (Å²) in [5.41, 5.74) is 5.09. The van der Waals surface area contributed by atoms with Gasteiger partial charge in [0.25, 0.3) is 0 Å². The summed E-state index contributed by atoms with van der Waals surface area (Å²) in [6.45, 7) is 0. The molecule has 4 bridgehead atoms. The van der Waals surface area contributed by atoms with E-state index in [2.05, 4.69) is 15.8 Å². The van der Waals surface area contributed by atoms with Gasteiger partial charge in [-0.3, -0.25) is 5.43 Å². The van der Waals surface area contributed by atoms with Crippen molar-refractivity contribution in [2.45, 2.75) is 32.1 Å². The van der Waals surface area contributed by atoms with Crippen molar-refractivity contribution in [2.75, 3.05) is 5.32 Å². The van der Waals surface area contributed by atoms with Crippen molar-refractivity contribution in [3.63, 3.8) is 0 Å². The molecule has 0 amide bonds. The zero-order chi connectivity index (χ0) is 15.1. The lowest BCUT2D eigenvalue weighted by atomic mass is 9.55. The minimum absolute atomic E-state index is 0.252. The van der Waals surface area contributed by atoms with Crippen LogP contribution in [0.1, 0.15) is 32.1 Å². The fraction of sp³-hybridized carbons (Fsp3) is 0.529. The molecule has 1 aromatic carbocycles. The molecule has 4 aliphatic carbocycles. The average molecular weight is 317 g/mol. The van der Waals surface area contributed by atoms with Gasteiger partial charge in [0.15, 0.2) is 5.11 Å². The van der Waals surface area contributed by atoms with Crippen LogP contribution >= 0.6 is 12.2 Å². The monoisotopic (exact) mass is 317 g/mol. The summed E-state index contributed by atoms with van der Waals surface area (Å²) in [7, 11) is 0. The first-order chi connectivity index (χ1) is 10.7. The second kappa shape index (κ2) is 5.61. The fourth-order valence-corrected chi connectivity index (χ4v) is 4.82. The molecule has 0 heterocycles. The number of benzene rings is 1. The summed E-state index contributed by atoms with van der Waals surface area (Å²) in [4.78, 5) is 0. The van der Waals surface area contributed by atoms with Crippen LogP contribution in [0.5, 0.6) is 0 Å². The Morgan fingerprint density at radius 2 is 1.59 bits per heavy atom. The van der Waals surface area contributed by atoms with E-state index in [1.54, 1.807) is 12.1 Å². The van der Waals surface area contributed by atoms with Gasteiger partial charge in [-0.1, -0.05) is 0 Å². The van der Waals surface area contributed by atoms with Gasteiger partial charge < -0.3 is 5.32 Å². The van der Waals surface area contributed by atoms with E-state index in [0.717, 1.165) is 17.5 Å². The van der Waals surface area contributed by atoms with Crippen LogP contribution < -0.4 is 10.7 Å². The highest BCUT2D eigenvalue weighted by Crippen LogP contribution is 2.52. The molecule has 4 fully saturated rings. The van der Waals surface area contributed by atoms with E-state index >= 15 is 0 Å². The molecule has 3 nitrogen and oxygen atoms in total. The number of anilines is 1. The Morgan fingerprint density at radius 3 is 2.18 bits per heavy atom. The molecule has 5 heteroatoms. The summed E-state index contributed by atoms with van der Waals surface area (Å²) in [6.07, 6.45) is 6.69. The van der Waals surface area contributed by atoms with E-state index in [4.69, 9.17) is 12.2 Å². The Morgan fingerprint density at radius 1 is 1.00 bits per heavy atom. The number of hydrogen-bond acceptors (Lipinski definition) is 2. The third-order valence-corrected chi connectivity index (χ3v) is 5.56. The van der Waals surface area contributed by atoms with Crippen molar-refractivity contribution in [1.29, 1.82) is 0 Å². The van der Waals surface area contributed by atoms with Crippen LogP contribution in [0.3, 0.4) is 0 Å². The molecule has 116 valence electrons. The van der Waals surface area contributed by atoms with Crippen LogP contribution in [0.15, 0.2) is 29.4 Å². The Hall–Kier alpha value is -1.49. The van der Waals surface area contributed by atoms with E-state index in [9.17, 15) is 4.39 Å². The molecule has 5 rings (SSSR count). The van der Waals surface area contributed by atoms with Crippen LogP contribution in [-0.2, 0) is 0 Å². The number of rotatable bonds is 2. The van der Waals surface area contributed by atoms with Gasteiger partial charge in [-0.15, -0.1) is 0 Å². The van der Waals surface area contributed by atoms with E-state index in [0.29, 0.717) is 16.9 Å². The van der Waals surface area contributed by atoms with E-state index in [1.165, 1.54) is 49.9 Å². The van der Waals surface area contributed by atoms with Crippen LogP contribution in [0.25, 0.3) is 0 Å². The standard InChI is InChI=1S/C17H20FN3S/c18-14-1-3-15(4-2-14)19-17(22)21-20-16-12-6-10-5-11(8-12)9-13(16)7-10/h1-4,10-13H,5-9H2,(H2,19,21,22). The third-order valence-electron chi connectivity index (χ3n) is 5.36. The van der Waals surface area contributed by atoms with Crippen LogP contribution in [0, 0.1) is 29.5 Å². The summed E-state index contributed by atoms with van der Waals surface area (Å²) in [5, 5.41) is 8.13. The quantitative estimate of drug-likeness (QED) is 0.641. The summed E-state index contributed by atoms with van der Waals surface area (Å²) in [5.74, 6) is 2.95.